The zero-order chi connectivity index (χ0) is 15.3. The van der Waals surface area contributed by atoms with E-state index in [1.165, 1.54) is 24.2 Å². The van der Waals surface area contributed by atoms with Crippen molar-refractivity contribution in [2.45, 2.75) is 44.2 Å². The van der Waals surface area contributed by atoms with Crippen LogP contribution >= 0.6 is 11.3 Å². The lowest BCUT2D eigenvalue weighted by Gasteiger charge is -2.19. The summed E-state index contributed by atoms with van der Waals surface area (Å²) < 4.78 is 27.5. The van der Waals surface area contributed by atoms with Crippen molar-refractivity contribution in [2.24, 2.45) is 0 Å². The van der Waals surface area contributed by atoms with Gasteiger partial charge in [0, 0.05) is 30.6 Å². The molecule has 0 aliphatic heterocycles. The number of hydrogen-bond donors (Lipinski definition) is 2. The van der Waals surface area contributed by atoms with Crippen LogP contribution in [0.5, 0.6) is 0 Å². The van der Waals surface area contributed by atoms with E-state index in [-0.39, 0.29) is 0 Å². The Kier molecular flexibility index (Phi) is 6.19. The van der Waals surface area contributed by atoms with Gasteiger partial charge in [-0.05, 0) is 37.4 Å². The van der Waals surface area contributed by atoms with Gasteiger partial charge >= 0.3 is 0 Å². The molecule has 1 fully saturated rings. The highest BCUT2D eigenvalue weighted by molar-refractivity contribution is 7.89. The third kappa shape index (κ3) is 4.75. The van der Waals surface area contributed by atoms with Gasteiger partial charge in [0.2, 0.25) is 10.0 Å². The predicted molar refractivity (Wildman–Crippen MR) is 87.2 cm³/mol. The minimum absolute atomic E-state index is 0.419. The number of thiophene rings is 1. The monoisotopic (exact) mass is 331 g/mol. The van der Waals surface area contributed by atoms with E-state index in [1.807, 2.05) is 12.3 Å². The number of sulfonamides is 1. The van der Waals surface area contributed by atoms with E-state index >= 15 is 0 Å². The summed E-state index contributed by atoms with van der Waals surface area (Å²) in [4.78, 5) is 3.64. The molecule has 1 aromatic heterocycles. The van der Waals surface area contributed by atoms with E-state index in [2.05, 4.69) is 21.9 Å². The third-order valence-corrected chi connectivity index (χ3v) is 6.29. The molecule has 1 aliphatic rings. The molecular formula is C14H25N3O2S2. The lowest BCUT2D eigenvalue weighted by Crippen LogP contribution is -2.36. The van der Waals surface area contributed by atoms with Gasteiger partial charge in [-0.25, -0.2) is 13.1 Å². The molecule has 2 N–H and O–H groups in total. The molecule has 1 heterocycles. The van der Waals surface area contributed by atoms with Crippen molar-refractivity contribution in [3.05, 3.63) is 16.3 Å². The number of rotatable bonds is 10. The molecular weight excluding hydrogens is 306 g/mol. The van der Waals surface area contributed by atoms with Gasteiger partial charge in [0.05, 0.1) is 4.90 Å². The van der Waals surface area contributed by atoms with E-state index < -0.39 is 10.0 Å². The van der Waals surface area contributed by atoms with Crippen LogP contribution in [0.4, 0.5) is 0 Å². The Bertz CT molecular complexity index is 538. The van der Waals surface area contributed by atoms with Crippen molar-refractivity contribution in [3.8, 4) is 0 Å². The smallest absolute Gasteiger partial charge is 0.241 e. The SMILES string of the molecule is CCNCc1sccc1S(=O)(=O)NCCN(CC)C1CC1. The maximum Gasteiger partial charge on any atom is 0.241 e. The van der Waals surface area contributed by atoms with Crippen LogP contribution < -0.4 is 10.0 Å². The van der Waals surface area contributed by atoms with Crippen molar-refractivity contribution < 1.29 is 8.42 Å². The van der Waals surface area contributed by atoms with Gasteiger partial charge in [-0.3, -0.25) is 4.90 Å². The van der Waals surface area contributed by atoms with Crippen molar-refractivity contribution >= 4 is 21.4 Å². The van der Waals surface area contributed by atoms with Gasteiger partial charge in [0.1, 0.15) is 0 Å². The molecule has 0 unspecified atom stereocenters. The summed E-state index contributed by atoms with van der Waals surface area (Å²) in [6, 6.07) is 2.36. The van der Waals surface area contributed by atoms with Crippen LogP contribution in [0.1, 0.15) is 31.6 Å². The lowest BCUT2D eigenvalue weighted by atomic mass is 10.4. The van der Waals surface area contributed by atoms with Gasteiger partial charge < -0.3 is 5.32 Å². The minimum Gasteiger partial charge on any atom is -0.312 e. The predicted octanol–water partition coefficient (Wildman–Crippen LogP) is 1.62. The fourth-order valence-electron chi connectivity index (χ4n) is 2.38. The number of likely N-dealkylation sites (N-methyl/N-ethyl adjacent to an activating group) is 1. The molecule has 7 heteroatoms. The average molecular weight is 332 g/mol. The summed E-state index contributed by atoms with van der Waals surface area (Å²) in [5, 5.41) is 5.02. The molecule has 1 aliphatic carbocycles. The maximum absolute atomic E-state index is 12.4. The second-order valence-corrected chi connectivity index (χ2v) is 7.98. The summed E-state index contributed by atoms with van der Waals surface area (Å²) in [5.74, 6) is 0. The topological polar surface area (TPSA) is 61.4 Å². The van der Waals surface area contributed by atoms with Gasteiger partial charge in [0.25, 0.3) is 0 Å². The number of nitrogens with zero attached hydrogens (tertiary/aromatic N) is 1. The van der Waals surface area contributed by atoms with Crippen LogP contribution in [-0.2, 0) is 16.6 Å². The van der Waals surface area contributed by atoms with Gasteiger partial charge in [-0.15, -0.1) is 11.3 Å². The highest BCUT2D eigenvalue weighted by Crippen LogP contribution is 2.26. The fourth-order valence-corrected chi connectivity index (χ4v) is 4.81. The second-order valence-electron chi connectivity index (χ2n) is 5.25. The molecule has 0 aromatic carbocycles. The minimum atomic E-state index is -3.39. The van der Waals surface area contributed by atoms with Gasteiger partial charge in [-0.2, -0.15) is 0 Å². The Morgan fingerprint density at radius 2 is 2.14 bits per heavy atom. The van der Waals surface area contributed by atoms with E-state index in [0.717, 1.165) is 24.5 Å². The molecule has 1 saturated carbocycles. The fraction of sp³-hybridized carbons (Fsp3) is 0.714. The molecule has 5 nitrogen and oxygen atoms in total. The van der Waals surface area contributed by atoms with E-state index in [4.69, 9.17) is 0 Å². The normalized spacial score (nSPS) is 15.8. The first-order valence-corrected chi connectivity index (χ1v) is 9.95. The molecule has 0 radical (unpaired) electrons. The Morgan fingerprint density at radius 1 is 1.38 bits per heavy atom. The lowest BCUT2D eigenvalue weighted by molar-refractivity contribution is 0.282. The first kappa shape index (κ1) is 16.9. The summed E-state index contributed by atoms with van der Waals surface area (Å²) in [6.45, 7) is 7.81. The van der Waals surface area contributed by atoms with E-state index in [0.29, 0.717) is 24.0 Å². The van der Waals surface area contributed by atoms with Crippen LogP contribution in [0.25, 0.3) is 0 Å². The van der Waals surface area contributed by atoms with Crippen molar-refractivity contribution in [1.29, 1.82) is 0 Å². The van der Waals surface area contributed by atoms with E-state index in [1.54, 1.807) is 6.07 Å². The molecule has 0 saturated heterocycles. The Hall–Kier alpha value is -0.470. The zero-order valence-electron chi connectivity index (χ0n) is 12.8. The largest absolute Gasteiger partial charge is 0.312 e. The molecule has 0 bridgehead atoms. The van der Waals surface area contributed by atoms with Crippen molar-refractivity contribution in [1.82, 2.24) is 14.9 Å². The summed E-state index contributed by atoms with van der Waals surface area (Å²) in [6.07, 6.45) is 2.50. The van der Waals surface area contributed by atoms with E-state index in [9.17, 15) is 8.42 Å². The van der Waals surface area contributed by atoms with Crippen LogP contribution in [0.2, 0.25) is 0 Å². The van der Waals surface area contributed by atoms with Crippen molar-refractivity contribution in [2.75, 3.05) is 26.2 Å². The second kappa shape index (κ2) is 7.69. The summed E-state index contributed by atoms with van der Waals surface area (Å²) >= 11 is 1.48. The Morgan fingerprint density at radius 3 is 2.76 bits per heavy atom. The highest BCUT2D eigenvalue weighted by Gasteiger charge is 2.27. The van der Waals surface area contributed by atoms with Crippen molar-refractivity contribution in [3.63, 3.8) is 0 Å². The molecule has 1 aromatic rings. The maximum atomic E-state index is 12.4. The molecule has 21 heavy (non-hydrogen) atoms. The Labute approximate surface area is 131 Å². The molecule has 0 amide bonds. The highest BCUT2D eigenvalue weighted by atomic mass is 32.2. The molecule has 0 atom stereocenters. The molecule has 0 spiro atoms. The number of hydrogen-bond acceptors (Lipinski definition) is 5. The van der Waals surface area contributed by atoms with Gasteiger partial charge in [-0.1, -0.05) is 13.8 Å². The zero-order valence-corrected chi connectivity index (χ0v) is 14.4. The first-order valence-electron chi connectivity index (χ1n) is 7.59. The van der Waals surface area contributed by atoms with Crippen LogP contribution in [0.15, 0.2) is 16.3 Å². The van der Waals surface area contributed by atoms with Gasteiger partial charge in [0.15, 0.2) is 0 Å². The Balaban J connectivity index is 1.90. The average Bonchev–Trinajstić information content (AvgIpc) is 3.18. The summed E-state index contributed by atoms with van der Waals surface area (Å²) in [5.41, 5.74) is 0. The van der Waals surface area contributed by atoms with Crippen LogP contribution in [0.3, 0.4) is 0 Å². The quantitative estimate of drug-likeness (QED) is 0.684. The standard InChI is InChI=1S/C14H25N3O2S2/c1-3-15-11-13-14(7-10-20-13)21(18,19)16-8-9-17(4-2)12-5-6-12/h7,10,12,15-16H,3-6,8-9,11H2,1-2H3. The number of nitrogens with one attached hydrogen (secondary N) is 2. The van der Waals surface area contributed by atoms with Crippen LogP contribution in [-0.4, -0.2) is 45.5 Å². The molecule has 2 rings (SSSR count). The van der Waals surface area contributed by atoms with Crippen LogP contribution in [0, 0.1) is 0 Å². The summed E-state index contributed by atoms with van der Waals surface area (Å²) in [7, 11) is -3.39. The first-order chi connectivity index (χ1) is 10.1. The third-order valence-electron chi connectivity index (χ3n) is 3.69. The molecule has 120 valence electrons.